The van der Waals surface area contributed by atoms with Gasteiger partial charge in [-0.25, -0.2) is 4.79 Å². The van der Waals surface area contributed by atoms with E-state index in [1.165, 1.54) is 6.92 Å². The molecule has 0 heterocycles. The highest BCUT2D eigenvalue weighted by Gasteiger charge is 2.33. The van der Waals surface area contributed by atoms with Gasteiger partial charge in [0.25, 0.3) is 0 Å². The van der Waals surface area contributed by atoms with E-state index in [2.05, 4.69) is 28.6 Å². The molecule has 32 heavy (non-hydrogen) atoms. The van der Waals surface area contributed by atoms with E-state index < -0.39 is 54.0 Å². The number of nitrogens with two attached hydrogens (primary N) is 1. The van der Waals surface area contributed by atoms with E-state index in [1.807, 2.05) is 30.3 Å². The van der Waals surface area contributed by atoms with Gasteiger partial charge in [-0.3, -0.25) is 14.4 Å². The number of aliphatic carboxylic acids is 1. The summed E-state index contributed by atoms with van der Waals surface area (Å²) in [4.78, 5) is 48.9. The van der Waals surface area contributed by atoms with Crippen LogP contribution in [0.5, 0.6) is 0 Å². The summed E-state index contributed by atoms with van der Waals surface area (Å²) in [6, 6.07) is 4.52. The third-order valence-corrected chi connectivity index (χ3v) is 5.11. The quantitative estimate of drug-likeness (QED) is 0.194. The van der Waals surface area contributed by atoms with Gasteiger partial charge in [0, 0.05) is 5.75 Å². The van der Waals surface area contributed by atoms with Crippen molar-refractivity contribution in [2.24, 2.45) is 11.7 Å². The molecule has 1 rings (SSSR count). The van der Waals surface area contributed by atoms with E-state index in [0.717, 1.165) is 5.56 Å². The maximum Gasteiger partial charge on any atom is 0.327 e. The Hall–Kier alpha value is -2.63. The number of hydrogen-bond acceptors (Lipinski definition) is 7. The summed E-state index contributed by atoms with van der Waals surface area (Å²) in [5, 5.41) is 26.2. The summed E-state index contributed by atoms with van der Waals surface area (Å²) < 4.78 is 0. The predicted octanol–water partition coefficient (Wildman–Crippen LogP) is -0.938. The van der Waals surface area contributed by atoms with E-state index in [0.29, 0.717) is 0 Å². The zero-order valence-corrected chi connectivity index (χ0v) is 19.2. The molecular formula is C21H32N4O6S. The average molecular weight is 469 g/mol. The van der Waals surface area contributed by atoms with Crippen molar-refractivity contribution < 1.29 is 29.4 Å². The van der Waals surface area contributed by atoms with Gasteiger partial charge in [0.1, 0.15) is 18.1 Å². The Morgan fingerprint density at radius 3 is 1.94 bits per heavy atom. The van der Waals surface area contributed by atoms with Crippen molar-refractivity contribution in [3.05, 3.63) is 35.9 Å². The fraction of sp³-hybridized carbons (Fsp3) is 0.524. The van der Waals surface area contributed by atoms with Crippen LogP contribution in [0, 0.1) is 5.92 Å². The highest BCUT2D eigenvalue weighted by atomic mass is 32.1. The Balaban J connectivity index is 2.85. The number of aliphatic hydroxyl groups excluding tert-OH is 1. The summed E-state index contributed by atoms with van der Waals surface area (Å²) in [6.45, 7) is 4.68. The number of carboxylic acids is 1. The minimum absolute atomic E-state index is 0.175. The third kappa shape index (κ3) is 8.48. The van der Waals surface area contributed by atoms with Gasteiger partial charge in [0.2, 0.25) is 17.7 Å². The molecule has 1 aromatic carbocycles. The van der Waals surface area contributed by atoms with E-state index in [-0.39, 0.29) is 18.1 Å². The number of hydrogen-bond donors (Lipinski definition) is 7. The Labute approximate surface area is 192 Å². The zero-order chi connectivity index (χ0) is 24.4. The van der Waals surface area contributed by atoms with E-state index in [1.54, 1.807) is 13.8 Å². The second-order valence-electron chi connectivity index (χ2n) is 7.84. The van der Waals surface area contributed by atoms with Crippen LogP contribution < -0.4 is 21.7 Å². The van der Waals surface area contributed by atoms with Crippen LogP contribution in [-0.2, 0) is 25.6 Å². The lowest BCUT2D eigenvalue weighted by Gasteiger charge is -2.28. The molecule has 7 N–H and O–H groups in total. The zero-order valence-electron chi connectivity index (χ0n) is 18.3. The molecule has 5 unspecified atom stereocenters. The third-order valence-electron chi connectivity index (χ3n) is 4.74. The second-order valence-corrected chi connectivity index (χ2v) is 8.20. The standard InChI is InChI=1S/C21H32N4O6S/c1-11(2)16(24-18(27)14(22)9-13-7-5-4-6-8-13)19(28)25-17(12(3)26)20(29)23-15(10-32)21(30)31/h4-8,11-12,14-17,26,32H,9-10,22H2,1-3H3,(H,23,29)(H,24,27)(H,25,28)(H,30,31). The molecule has 0 spiro atoms. The monoisotopic (exact) mass is 468 g/mol. The van der Waals surface area contributed by atoms with Crippen LogP contribution in [0.15, 0.2) is 30.3 Å². The minimum Gasteiger partial charge on any atom is -0.480 e. The number of carbonyl (C=O) groups excluding carboxylic acids is 3. The maximum absolute atomic E-state index is 12.8. The van der Waals surface area contributed by atoms with Crippen LogP contribution in [-0.4, -0.2) is 69.9 Å². The molecule has 5 atom stereocenters. The second kappa shape index (κ2) is 13.0. The molecule has 11 heteroatoms. The van der Waals surface area contributed by atoms with E-state index in [9.17, 15) is 24.3 Å². The van der Waals surface area contributed by atoms with Crippen LogP contribution in [0.2, 0.25) is 0 Å². The van der Waals surface area contributed by atoms with Gasteiger partial charge in [-0.1, -0.05) is 44.2 Å². The fourth-order valence-corrected chi connectivity index (χ4v) is 3.10. The number of aliphatic hydroxyl groups is 1. The van der Waals surface area contributed by atoms with Crippen molar-refractivity contribution in [1.29, 1.82) is 0 Å². The van der Waals surface area contributed by atoms with Gasteiger partial charge in [-0.2, -0.15) is 12.6 Å². The Morgan fingerprint density at radius 2 is 1.47 bits per heavy atom. The number of benzene rings is 1. The van der Waals surface area contributed by atoms with Crippen molar-refractivity contribution in [1.82, 2.24) is 16.0 Å². The first kappa shape index (κ1) is 27.4. The Kier molecular flexibility index (Phi) is 11.2. The molecule has 0 aliphatic rings. The molecule has 10 nitrogen and oxygen atoms in total. The number of carbonyl (C=O) groups is 4. The maximum atomic E-state index is 12.8. The largest absolute Gasteiger partial charge is 0.480 e. The molecule has 3 amide bonds. The predicted molar refractivity (Wildman–Crippen MR) is 122 cm³/mol. The highest BCUT2D eigenvalue weighted by Crippen LogP contribution is 2.07. The van der Waals surface area contributed by atoms with Crippen molar-refractivity contribution in [2.75, 3.05) is 5.75 Å². The normalized spacial score (nSPS) is 15.7. The van der Waals surface area contributed by atoms with Gasteiger partial charge >= 0.3 is 5.97 Å². The summed E-state index contributed by atoms with van der Waals surface area (Å²) >= 11 is 3.87. The van der Waals surface area contributed by atoms with E-state index in [4.69, 9.17) is 10.8 Å². The number of nitrogens with one attached hydrogen (secondary N) is 3. The number of rotatable bonds is 12. The SMILES string of the molecule is CC(C)C(NC(=O)C(N)Cc1ccccc1)C(=O)NC(C(=O)NC(CS)C(=O)O)C(C)O. The van der Waals surface area contributed by atoms with Crippen LogP contribution in [0.1, 0.15) is 26.3 Å². The first-order chi connectivity index (χ1) is 15.0. The molecule has 0 aliphatic carbocycles. The average Bonchev–Trinajstić information content (AvgIpc) is 2.73. The van der Waals surface area contributed by atoms with Crippen molar-refractivity contribution in [2.45, 2.75) is 57.5 Å². The number of thiol groups is 1. The molecule has 0 fully saturated rings. The topological polar surface area (TPSA) is 171 Å². The summed E-state index contributed by atoms with van der Waals surface area (Å²) in [5.74, 6) is -3.97. The fourth-order valence-electron chi connectivity index (χ4n) is 2.85. The van der Waals surface area contributed by atoms with Gasteiger partial charge < -0.3 is 31.9 Å². The minimum atomic E-state index is -1.43. The van der Waals surface area contributed by atoms with E-state index >= 15 is 0 Å². The van der Waals surface area contributed by atoms with Crippen molar-refractivity contribution in [3.8, 4) is 0 Å². The van der Waals surface area contributed by atoms with Crippen molar-refractivity contribution in [3.63, 3.8) is 0 Å². The first-order valence-corrected chi connectivity index (χ1v) is 10.8. The summed E-state index contributed by atoms with van der Waals surface area (Å²) in [7, 11) is 0. The lowest BCUT2D eigenvalue weighted by Crippen LogP contribution is -2.61. The van der Waals surface area contributed by atoms with Crippen LogP contribution in [0.3, 0.4) is 0 Å². The van der Waals surface area contributed by atoms with Gasteiger partial charge in [0.05, 0.1) is 12.1 Å². The van der Waals surface area contributed by atoms with Crippen LogP contribution >= 0.6 is 12.6 Å². The molecule has 1 aromatic rings. The molecule has 178 valence electrons. The van der Waals surface area contributed by atoms with Crippen molar-refractivity contribution >= 4 is 36.3 Å². The van der Waals surface area contributed by atoms with Gasteiger partial charge in [0.15, 0.2) is 0 Å². The van der Waals surface area contributed by atoms with Gasteiger partial charge in [-0.15, -0.1) is 0 Å². The molecule has 0 saturated carbocycles. The summed E-state index contributed by atoms with van der Waals surface area (Å²) in [5.41, 5.74) is 6.85. The van der Waals surface area contributed by atoms with Crippen LogP contribution in [0.25, 0.3) is 0 Å². The highest BCUT2D eigenvalue weighted by molar-refractivity contribution is 7.80. The lowest BCUT2D eigenvalue weighted by atomic mass is 10.0. The molecule has 0 aliphatic heterocycles. The summed E-state index contributed by atoms with van der Waals surface area (Å²) in [6.07, 6.45) is -1.05. The van der Waals surface area contributed by atoms with Gasteiger partial charge in [-0.05, 0) is 24.8 Å². The number of amides is 3. The lowest BCUT2D eigenvalue weighted by molar-refractivity contribution is -0.142. The Morgan fingerprint density at radius 1 is 0.938 bits per heavy atom. The van der Waals surface area contributed by atoms with Crippen LogP contribution in [0.4, 0.5) is 0 Å². The molecule has 0 saturated heterocycles. The smallest absolute Gasteiger partial charge is 0.327 e. The molecule has 0 aromatic heterocycles. The molecular weight excluding hydrogens is 436 g/mol. The molecule has 0 radical (unpaired) electrons. The Bertz CT molecular complexity index is 790. The first-order valence-electron chi connectivity index (χ1n) is 10.2. The molecule has 0 bridgehead atoms. The number of carboxylic acid groups (broad SMARTS) is 1.